The molecule has 0 aliphatic rings. The number of anilines is 1. The lowest BCUT2D eigenvalue weighted by atomic mass is 10.1. The quantitative estimate of drug-likeness (QED) is 0.816. The van der Waals surface area contributed by atoms with Gasteiger partial charge in [0.2, 0.25) is 5.91 Å². The van der Waals surface area contributed by atoms with Crippen LogP contribution in [-0.4, -0.2) is 26.1 Å². The summed E-state index contributed by atoms with van der Waals surface area (Å²) in [6.07, 6.45) is 0.451. The molecule has 2 aromatic rings. The third-order valence-corrected chi connectivity index (χ3v) is 3.57. The number of amides is 1. The summed E-state index contributed by atoms with van der Waals surface area (Å²) in [7, 11) is 1.54. The van der Waals surface area contributed by atoms with Gasteiger partial charge in [-0.1, -0.05) is 29.8 Å². The third kappa shape index (κ3) is 5.14. The maximum atomic E-state index is 13.4. The lowest BCUT2D eigenvalue weighted by Crippen LogP contribution is -2.31. The molecule has 0 spiro atoms. The summed E-state index contributed by atoms with van der Waals surface area (Å²) in [6, 6.07) is 11.7. The summed E-state index contributed by atoms with van der Waals surface area (Å²) in [5.41, 5.74) is 1.31. The first kappa shape index (κ1) is 17.1. The Labute approximate surface area is 139 Å². The van der Waals surface area contributed by atoms with E-state index in [1.165, 1.54) is 13.2 Å². The number of methoxy groups -OCH3 is 1. The van der Waals surface area contributed by atoms with Crippen molar-refractivity contribution in [3.63, 3.8) is 0 Å². The molecule has 0 atom stereocenters. The topological polar surface area (TPSA) is 50.4 Å². The predicted octanol–water partition coefficient (Wildman–Crippen LogP) is 3.26. The highest BCUT2D eigenvalue weighted by molar-refractivity contribution is 6.32. The zero-order valence-corrected chi connectivity index (χ0v) is 13.5. The van der Waals surface area contributed by atoms with Gasteiger partial charge in [-0.25, -0.2) is 4.39 Å². The lowest BCUT2D eigenvalue weighted by Gasteiger charge is -2.10. The van der Waals surface area contributed by atoms with Crippen molar-refractivity contribution in [2.75, 3.05) is 25.5 Å². The van der Waals surface area contributed by atoms with Gasteiger partial charge in [0.05, 0.1) is 18.7 Å². The molecule has 0 saturated heterocycles. The van der Waals surface area contributed by atoms with Crippen LogP contribution in [0.1, 0.15) is 5.56 Å². The van der Waals surface area contributed by atoms with Crippen molar-refractivity contribution >= 4 is 23.2 Å². The fourth-order valence-corrected chi connectivity index (χ4v) is 2.32. The van der Waals surface area contributed by atoms with Crippen LogP contribution in [0.15, 0.2) is 42.5 Å². The minimum absolute atomic E-state index is 0.111. The zero-order chi connectivity index (χ0) is 16.7. The minimum Gasteiger partial charge on any atom is -0.495 e. The second-order valence-electron chi connectivity index (χ2n) is 4.89. The number of ether oxygens (including phenoxy) is 1. The van der Waals surface area contributed by atoms with Gasteiger partial charge in [0, 0.05) is 12.2 Å². The maximum absolute atomic E-state index is 13.4. The summed E-state index contributed by atoms with van der Waals surface area (Å²) in [4.78, 5) is 11.8. The second kappa shape index (κ2) is 8.39. The van der Waals surface area contributed by atoms with Gasteiger partial charge in [-0.15, -0.1) is 0 Å². The Hall–Kier alpha value is -2.27. The summed E-state index contributed by atoms with van der Waals surface area (Å²) >= 11 is 6.01. The fraction of sp³-hybridized carbons (Fsp3) is 0.235. The van der Waals surface area contributed by atoms with Crippen LogP contribution in [-0.2, 0) is 11.2 Å². The van der Waals surface area contributed by atoms with Gasteiger partial charge < -0.3 is 15.4 Å². The molecule has 0 saturated carbocycles. The summed E-state index contributed by atoms with van der Waals surface area (Å²) in [5.74, 6) is 0.146. The highest BCUT2D eigenvalue weighted by Gasteiger charge is 2.05. The number of rotatable bonds is 7. The largest absolute Gasteiger partial charge is 0.495 e. The Balaban J connectivity index is 1.75. The fourth-order valence-electron chi connectivity index (χ4n) is 2.06. The number of hydrogen-bond donors (Lipinski definition) is 2. The van der Waals surface area contributed by atoms with Crippen LogP contribution < -0.4 is 15.4 Å². The Bertz CT molecular complexity index is 679. The number of carbonyl (C=O) groups excluding carboxylic acids is 1. The molecule has 0 aromatic heterocycles. The molecular formula is C17H18ClFN2O2. The zero-order valence-electron chi connectivity index (χ0n) is 12.7. The molecule has 2 aromatic carbocycles. The molecule has 23 heavy (non-hydrogen) atoms. The van der Waals surface area contributed by atoms with Gasteiger partial charge in [-0.3, -0.25) is 4.79 Å². The van der Waals surface area contributed by atoms with E-state index in [0.717, 1.165) is 5.69 Å². The Morgan fingerprint density at radius 3 is 2.74 bits per heavy atom. The van der Waals surface area contributed by atoms with Crippen LogP contribution in [0, 0.1) is 5.82 Å². The average Bonchev–Trinajstić information content (AvgIpc) is 2.55. The lowest BCUT2D eigenvalue weighted by molar-refractivity contribution is -0.119. The van der Waals surface area contributed by atoms with Crippen LogP contribution in [0.3, 0.4) is 0 Å². The first-order chi connectivity index (χ1) is 11.1. The van der Waals surface area contributed by atoms with Crippen molar-refractivity contribution in [1.29, 1.82) is 0 Å². The molecule has 0 bridgehead atoms. The SMILES string of the molecule is COc1ccc(NCC(=O)NCCc2ccccc2F)cc1Cl. The van der Waals surface area contributed by atoms with Crippen molar-refractivity contribution in [3.05, 3.63) is 58.9 Å². The van der Waals surface area contributed by atoms with Gasteiger partial charge in [0.15, 0.2) is 0 Å². The second-order valence-corrected chi connectivity index (χ2v) is 5.30. The highest BCUT2D eigenvalue weighted by Crippen LogP contribution is 2.26. The number of carbonyl (C=O) groups is 1. The van der Waals surface area contributed by atoms with Crippen molar-refractivity contribution in [1.82, 2.24) is 5.32 Å². The van der Waals surface area contributed by atoms with Gasteiger partial charge in [0.1, 0.15) is 11.6 Å². The van der Waals surface area contributed by atoms with Gasteiger partial charge >= 0.3 is 0 Å². The first-order valence-electron chi connectivity index (χ1n) is 7.17. The molecular weight excluding hydrogens is 319 g/mol. The standard InChI is InChI=1S/C17H18ClFN2O2/c1-23-16-7-6-13(10-14(16)18)21-11-17(22)20-9-8-12-4-2-3-5-15(12)19/h2-7,10,21H,8-9,11H2,1H3,(H,20,22). The number of halogens is 2. The Kier molecular flexibility index (Phi) is 6.23. The van der Waals surface area contributed by atoms with E-state index in [0.29, 0.717) is 29.3 Å². The van der Waals surface area contributed by atoms with E-state index in [4.69, 9.17) is 16.3 Å². The Morgan fingerprint density at radius 1 is 1.26 bits per heavy atom. The molecule has 0 radical (unpaired) electrons. The number of nitrogens with one attached hydrogen (secondary N) is 2. The van der Waals surface area contributed by atoms with E-state index < -0.39 is 0 Å². The molecule has 1 amide bonds. The monoisotopic (exact) mass is 336 g/mol. The minimum atomic E-state index is -0.257. The normalized spacial score (nSPS) is 10.2. The molecule has 0 aliphatic carbocycles. The van der Waals surface area contributed by atoms with Gasteiger partial charge in [-0.05, 0) is 36.2 Å². The predicted molar refractivity (Wildman–Crippen MR) is 89.6 cm³/mol. The molecule has 0 unspecified atom stereocenters. The van der Waals surface area contributed by atoms with E-state index in [1.807, 2.05) is 0 Å². The highest BCUT2D eigenvalue weighted by atomic mass is 35.5. The van der Waals surface area contributed by atoms with E-state index in [1.54, 1.807) is 36.4 Å². The van der Waals surface area contributed by atoms with Crippen molar-refractivity contribution in [2.45, 2.75) is 6.42 Å². The van der Waals surface area contributed by atoms with E-state index in [9.17, 15) is 9.18 Å². The van der Waals surface area contributed by atoms with Crippen molar-refractivity contribution < 1.29 is 13.9 Å². The molecule has 122 valence electrons. The van der Waals surface area contributed by atoms with Crippen molar-refractivity contribution in [3.8, 4) is 5.75 Å². The molecule has 6 heteroatoms. The third-order valence-electron chi connectivity index (χ3n) is 3.28. The average molecular weight is 337 g/mol. The van der Waals surface area contributed by atoms with Crippen LogP contribution in [0.2, 0.25) is 5.02 Å². The van der Waals surface area contributed by atoms with Gasteiger partial charge in [0.25, 0.3) is 0 Å². The van der Waals surface area contributed by atoms with Crippen molar-refractivity contribution in [2.24, 2.45) is 0 Å². The summed E-state index contributed by atoms with van der Waals surface area (Å²) in [6.45, 7) is 0.491. The van der Waals surface area contributed by atoms with E-state index >= 15 is 0 Å². The van der Waals surface area contributed by atoms with Crippen LogP contribution >= 0.6 is 11.6 Å². The molecule has 4 nitrogen and oxygen atoms in total. The summed E-state index contributed by atoms with van der Waals surface area (Å²) in [5, 5.41) is 6.18. The van der Waals surface area contributed by atoms with Gasteiger partial charge in [-0.2, -0.15) is 0 Å². The number of benzene rings is 2. The summed E-state index contributed by atoms with van der Waals surface area (Å²) < 4.78 is 18.5. The van der Waals surface area contributed by atoms with Crippen LogP contribution in [0.25, 0.3) is 0 Å². The Morgan fingerprint density at radius 2 is 2.04 bits per heavy atom. The number of hydrogen-bond acceptors (Lipinski definition) is 3. The van der Waals surface area contributed by atoms with Crippen LogP contribution in [0.5, 0.6) is 5.75 Å². The maximum Gasteiger partial charge on any atom is 0.239 e. The molecule has 2 N–H and O–H groups in total. The molecule has 2 rings (SSSR count). The van der Waals surface area contributed by atoms with Crippen LogP contribution in [0.4, 0.5) is 10.1 Å². The van der Waals surface area contributed by atoms with E-state index in [2.05, 4.69) is 10.6 Å². The molecule has 0 heterocycles. The molecule has 0 aliphatic heterocycles. The molecule has 0 fully saturated rings. The van der Waals surface area contributed by atoms with E-state index in [-0.39, 0.29) is 18.3 Å². The smallest absolute Gasteiger partial charge is 0.239 e. The first-order valence-corrected chi connectivity index (χ1v) is 7.55.